The van der Waals surface area contributed by atoms with Crippen molar-refractivity contribution < 1.29 is 22.7 Å². The maximum absolute atomic E-state index is 13.8. The lowest BCUT2D eigenvalue weighted by Crippen LogP contribution is -2.08. The molecule has 3 aromatic rings. The molecule has 1 atom stereocenters. The van der Waals surface area contributed by atoms with Gasteiger partial charge in [-0.2, -0.15) is 8.78 Å². The zero-order valence-electron chi connectivity index (χ0n) is 12.8. The molecule has 0 aliphatic heterocycles. The Morgan fingerprint density at radius 1 is 1.35 bits per heavy atom. The summed E-state index contributed by atoms with van der Waals surface area (Å²) < 4.78 is 45.7. The molecular weight excluding hydrogens is 437 g/mol. The summed E-state index contributed by atoms with van der Waals surface area (Å²) in [5.41, 5.74) is 1.29. The van der Waals surface area contributed by atoms with E-state index in [1.165, 1.54) is 30.5 Å². The number of hydrogen-bond donors (Lipinski definition) is 0. The Balaban J connectivity index is 1.93. The average Bonchev–Trinajstić information content (AvgIpc) is 3.07. The summed E-state index contributed by atoms with van der Waals surface area (Å²) in [6.07, 6.45) is 1.50. The van der Waals surface area contributed by atoms with Gasteiger partial charge in [-0.1, -0.05) is 11.6 Å². The third kappa shape index (κ3) is 2.77. The molecule has 0 radical (unpaired) electrons. The minimum atomic E-state index is -3.02. The predicted octanol–water partition coefficient (Wildman–Crippen LogP) is 5.21. The van der Waals surface area contributed by atoms with E-state index in [-0.39, 0.29) is 33.8 Å². The van der Waals surface area contributed by atoms with Crippen molar-refractivity contribution in [2.24, 2.45) is 0 Å². The first kappa shape index (κ1) is 17.4. The van der Waals surface area contributed by atoms with Gasteiger partial charge in [0.05, 0.1) is 10.2 Å². The molecule has 0 fully saturated rings. The van der Waals surface area contributed by atoms with Gasteiger partial charge in [0.25, 0.3) is 0 Å². The average molecular weight is 446 g/mol. The van der Waals surface area contributed by atoms with Gasteiger partial charge in [0, 0.05) is 35.2 Å². The number of halogens is 5. The topological polar surface area (TPSA) is 43.6 Å². The van der Waals surface area contributed by atoms with Crippen LogP contribution in [0, 0.1) is 5.82 Å². The van der Waals surface area contributed by atoms with Crippen molar-refractivity contribution in [1.29, 1.82) is 0 Å². The normalized spacial score (nSPS) is 16.5. The van der Waals surface area contributed by atoms with E-state index in [0.717, 1.165) is 0 Å². The Hall–Kier alpha value is -2.06. The van der Waals surface area contributed by atoms with Gasteiger partial charge < -0.3 is 9.14 Å². The molecule has 0 spiro atoms. The third-order valence-corrected chi connectivity index (χ3v) is 5.07. The fourth-order valence-corrected chi connectivity index (χ4v) is 3.73. The summed E-state index contributed by atoms with van der Waals surface area (Å²) in [6.45, 7) is -3.02. The van der Waals surface area contributed by atoms with Crippen LogP contribution in [0.25, 0.3) is 5.65 Å². The molecule has 0 saturated carbocycles. The number of alkyl halides is 2. The third-order valence-electron chi connectivity index (χ3n) is 4.25. The molecular formula is C17H9BrClF3N2O2. The van der Waals surface area contributed by atoms with Gasteiger partial charge in [0.1, 0.15) is 22.9 Å². The van der Waals surface area contributed by atoms with Crippen LogP contribution in [-0.2, 0) is 0 Å². The van der Waals surface area contributed by atoms with Crippen LogP contribution in [0.4, 0.5) is 13.2 Å². The molecule has 1 aromatic carbocycles. The molecule has 0 N–H and O–H groups in total. The van der Waals surface area contributed by atoms with E-state index < -0.39 is 18.3 Å². The van der Waals surface area contributed by atoms with E-state index in [9.17, 15) is 18.0 Å². The highest BCUT2D eigenvalue weighted by Crippen LogP contribution is 2.43. The maximum Gasteiger partial charge on any atom is 0.387 e. The van der Waals surface area contributed by atoms with Gasteiger partial charge in [-0.15, -0.1) is 0 Å². The van der Waals surface area contributed by atoms with Gasteiger partial charge in [-0.25, -0.2) is 9.37 Å². The van der Waals surface area contributed by atoms with E-state index in [1.54, 1.807) is 4.40 Å². The first-order chi connectivity index (χ1) is 12.3. The number of rotatable bonds is 3. The molecule has 26 heavy (non-hydrogen) atoms. The highest BCUT2D eigenvalue weighted by Gasteiger charge is 2.37. The smallest absolute Gasteiger partial charge is 0.387 e. The van der Waals surface area contributed by atoms with Crippen molar-refractivity contribution in [1.82, 2.24) is 9.38 Å². The first-order valence-corrected chi connectivity index (χ1v) is 8.66. The lowest BCUT2D eigenvalue weighted by atomic mass is 9.95. The number of pyridine rings is 1. The fraction of sp³-hybridized carbons (Fsp3) is 0.176. The Kier molecular flexibility index (Phi) is 4.19. The fourth-order valence-electron chi connectivity index (χ4n) is 3.23. The summed E-state index contributed by atoms with van der Waals surface area (Å²) in [7, 11) is 0. The standard InChI is InChI=1S/C17H9BrClF3N2O2/c18-10-6-24-14(5-11(10)20)23-15-12(25)4-9(16(15)24)8-3-7(19)1-2-13(8)26-17(21)22/h1-3,5-6,9,17H,4H2/t9-/m1/s1. The number of fused-ring (bicyclic) bond motifs is 3. The van der Waals surface area contributed by atoms with Crippen molar-refractivity contribution in [3.8, 4) is 5.75 Å². The predicted molar refractivity (Wildman–Crippen MR) is 91.7 cm³/mol. The molecule has 2 aromatic heterocycles. The summed E-state index contributed by atoms with van der Waals surface area (Å²) in [5, 5.41) is 0.323. The van der Waals surface area contributed by atoms with Crippen molar-refractivity contribution in [3.63, 3.8) is 0 Å². The highest BCUT2D eigenvalue weighted by molar-refractivity contribution is 9.10. The summed E-state index contributed by atoms with van der Waals surface area (Å²) in [4.78, 5) is 16.6. The van der Waals surface area contributed by atoms with E-state index >= 15 is 0 Å². The maximum atomic E-state index is 13.8. The number of hydrogen-bond acceptors (Lipinski definition) is 3. The summed E-state index contributed by atoms with van der Waals surface area (Å²) in [6, 6.07) is 5.46. The van der Waals surface area contributed by atoms with Crippen molar-refractivity contribution in [2.45, 2.75) is 19.0 Å². The molecule has 0 saturated heterocycles. The van der Waals surface area contributed by atoms with Crippen LogP contribution in [0.3, 0.4) is 0 Å². The van der Waals surface area contributed by atoms with Crippen LogP contribution in [0.1, 0.15) is 34.1 Å². The van der Waals surface area contributed by atoms with Crippen molar-refractivity contribution >= 4 is 39.0 Å². The van der Waals surface area contributed by atoms with E-state index in [1.807, 2.05) is 0 Å². The first-order valence-electron chi connectivity index (χ1n) is 7.49. The Bertz CT molecular complexity index is 1050. The quantitative estimate of drug-likeness (QED) is 0.556. The number of Topliss-reactive ketones (excluding diaryl/α,β-unsaturated/α-hetero) is 1. The second-order valence-corrected chi connectivity index (χ2v) is 7.07. The second kappa shape index (κ2) is 6.28. The molecule has 1 aliphatic carbocycles. The second-order valence-electron chi connectivity index (χ2n) is 5.78. The van der Waals surface area contributed by atoms with Gasteiger partial charge in [-0.3, -0.25) is 4.79 Å². The minimum Gasteiger partial charge on any atom is -0.435 e. The van der Waals surface area contributed by atoms with Gasteiger partial charge in [0.2, 0.25) is 0 Å². The van der Waals surface area contributed by atoms with Gasteiger partial charge in [0.15, 0.2) is 5.78 Å². The molecule has 134 valence electrons. The molecule has 0 unspecified atom stereocenters. The highest BCUT2D eigenvalue weighted by atomic mass is 79.9. The minimum absolute atomic E-state index is 0.0372. The number of carbonyl (C=O) groups is 1. The number of carbonyl (C=O) groups excluding carboxylic acids is 1. The van der Waals surface area contributed by atoms with E-state index in [4.69, 9.17) is 11.6 Å². The number of nitrogens with zero attached hydrogens (tertiary/aromatic N) is 2. The van der Waals surface area contributed by atoms with E-state index in [2.05, 4.69) is 25.7 Å². The van der Waals surface area contributed by atoms with Gasteiger partial charge >= 0.3 is 6.61 Å². The van der Waals surface area contributed by atoms with Crippen molar-refractivity contribution in [3.05, 3.63) is 62.7 Å². The van der Waals surface area contributed by atoms with Crippen LogP contribution < -0.4 is 4.74 Å². The SMILES string of the molecule is O=C1C[C@H](c2cc(Cl)ccc2OC(F)F)c2c1nc1cc(F)c(Br)cn21. The molecule has 0 amide bonds. The molecule has 0 bridgehead atoms. The number of ether oxygens (including phenoxy) is 1. The molecule has 4 nitrogen and oxygen atoms in total. The molecule has 4 rings (SSSR count). The monoisotopic (exact) mass is 444 g/mol. The zero-order valence-corrected chi connectivity index (χ0v) is 15.2. The molecule has 2 heterocycles. The van der Waals surface area contributed by atoms with Crippen LogP contribution in [0.15, 0.2) is 34.9 Å². The summed E-state index contributed by atoms with van der Waals surface area (Å²) >= 11 is 9.13. The number of aromatic nitrogens is 2. The summed E-state index contributed by atoms with van der Waals surface area (Å²) in [5.74, 6) is -1.42. The van der Waals surface area contributed by atoms with Crippen molar-refractivity contribution in [2.75, 3.05) is 0 Å². The van der Waals surface area contributed by atoms with Gasteiger partial charge in [-0.05, 0) is 34.1 Å². The van der Waals surface area contributed by atoms with Crippen LogP contribution in [0.2, 0.25) is 5.02 Å². The van der Waals surface area contributed by atoms with E-state index in [0.29, 0.717) is 16.3 Å². The van der Waals surface area contributed by atoms with Crippen LogP contribution in [-0.4, -0.2) is 21.8 Å². The lowest BCUT2D eigenvalue weighted by Gasteiger charge is -2.17. The zero-order chi connectivity index (χ0) is 18.6. The number of imidazole rings is 1. The Morgan fingerprint density at radius 2 is 2.12 bits per heavy atom. The van der Waals surface area contributed by atoms with Crippen LogP contribution >= 0.6 is 27.5 Å². The lowest BCUT2D eigenvalue weighted by molar-refractivity contribution is -0.0505. The van der Waals surface area contributed by atoms with Crippen LogP contribution in [0.5, 0.6) is 5.75 Å². The number of ketones is 1. The molecule has 9 heteroatoms. The Labute approximate surface area is 158 Å². The Morgan fingerprint density at radius 3 is 2.85 bits per heavy atom. The largest absolute Gasteiger partial charge is 0.435 e. The molecule has 1 aliphatic rings. The number of benzene rings is 1.